The van der Waals surface area contributed by atoms with Gasteiger partial charge in [0.2, 0.25) is 0 Å². The number of aryl methyl sites for hydroxylation is 1. The van der Waals surface area contributed by atoms with E-state index in [1.54, 1.807) is 17.9 Å². The number of carbonyl (C=O) groups is 2. The maximum absolute atomic E-state index is 11.6. The van der Waals surface area contributed by atoms with E-state index in [4.69, 9.17) is 5.11 Å². The van der Waals surface area contributed by atoms with Crippen LogP contribution in [0, 0.1) is 0 Å². The summed E-state index contributed by atoms with van der Waals surface area (Å²) in [6, 6.07) is -0.264. The van der Waals surface area contributed by atoms with Crippen molar-refractivity contribution in [2.75, 3.05) is 20.1 Å². The van der Waals surface area contributed by atoms with E-state index in [-0.39, 0.29) is 19.0 Å². The Bertz CT molecular complexity index is 416. The Hall–Kier alpha value is -2.05. The number of urea groups is 1. The van der Waals surface area contributed by atoms with Crippen molar-refractivity contribution in [3.8, 4) is 0 Å². The molecule has 2 amide bonds. The highest BCUT2D eigenvalue weighted by Crippen LogP contribution is 1.96. The smallest absolute Gasteiger partial charge is 0.317 e. The molecule has 0 fully saturated rings. The second-order valence-corrected chi connectivity index (χ2v) is 4.07. The molecule has 0 saturated heterocycles. The molecule has 1 heterocycles. The summed E-state index contributed by atoms with van der Waals surface area (Å²) in [4.78, 5) is 23.3. The summed E-state index contributed by atoms with van der Waals surface area (Å²) >= 11 is 0. The third kappa shape index (κ3) is 4.86. The van der Waals surface area contributed by atoms with Gasteiger partial charge >= 0.3 is 12.0 Å². The lowest BCUT2D eigenvalue weighted by Crippen LogP contribution is -2.39. The number of carbonyl (C=O) groups excluding carboxylic acids is 1. The summed E-state index contributed by atoms with van der Waals surface area (Å²) in [5, 5.41) is 15.3. The number of hydrogen-bond acceptors (Lipinski definition) is 3. The van der Waals surface area contributed by atoms with Gasteiger partial charge in [-0.25, -0.2) is 4.79 Å². The number of hydrogen-bond donors (Lipinski definition) is 2. The average molecular weight is 254 g/mol. The van der Waals surface area contributed by atoms with Crippen LogP contribution in [0.25, 0.3) is 0 Å². The van der Waals surface area contributed by atoms with Gasteiger partial charge < -0.3 is 15.3 Å². The summed E-state index contributed by atoms with van der Waals surface area (Å²) in [6.07, 6.45) is 4.29. The van der Waals surface area contributed by atoms with Crippen molar-refractivity contribution in [3.05, 3.63) is 18.0 Å². The van der Waals surface area contributed by atoms with E-state index in [0.29, 0.717) is 13.0 Å². The van der Waals surface area contributed by atoms with E-state index in [1.807, 2.05) is 13.2 Å². The van der Waals surface area contributed by atoms with Crippen LogP contribution in [0.5, 0.6) is 0 Å². The van der Waals surface area contributed by atoms with Gasteiger partial charge in [-0.3, -0.25) is 9.48 Å². The summed E-state index contributed by atoms with van der Waals surface area (Å²) in [6.45, 7) is 0.704. The Kier molecular flexibility index (Phi) is 5.16. The fraction of sp³-hybridized carbons (Fsp3) is 0.545. The topological polar surface area (TPSA) is 87.5 Å². The third-order valence-corrected chi connectivity index (χ3v) is 2.46. The molecule has 18 heavy (non-hydrogen) atoms. The molecule has 0 atom stereocenters. The van der Waals surface area contributed by atoms with Crippen molar-refractivity contribution in [1.29, 1.82) is 0 Å². The minimum Gasteiger partial charge on any atom is -0.481 e. The summed E-state index contributed by atoms with van der Waals surface area (Å²) in [5.41, 5.74) is 1.05. The quantitative estimate of drug-likeness (QED) is 0.752. The lowest BCUT2D eigenvalue weighted by atomic mass is 10.2. The van der Waals surface area contributed by atoms with Crippen LogP contribution in [0.2, 0.25) is 0 Å². The van der Waals surface area contributed by atoms with Gasteiger partial charge in [-0.15, -0.1) is 0 Å². The number of nitrogens with one attached hydrogen (secondary N) is 1. The Labute approximate surface area is 105 Å². The van der Waals surface area contributed by atoms with Gasteiger partial charge in [0.05, 0.1) is 12.6 Å². The fourth-order valence-corrected chi connectivity index (χ4v) is 1.41. The molecule has 0 bridgehead atoms. The van der Waals surface area contributed by atoms with Crippen LogP contribution >= 0.6 is 0 Å². The predicted molar refractivity (Wildman–Crippen MR) is 65.2 cm³/mol. The first-order chi connectivity index (χ1) is 8.49. The van der Waals surface area contributed by atoms with Crippen molar-refractivity contribution in [2.45, 2.75) is 12.8 Å². The SMILES string of the molecule is CN(CCC(=O)O)C(=O)NCCc1cnn(C)c1. The molecule has 7 heteroatoms. The van der Waals surface area contributed by atoms with Crippen LogP contribution in [0.3, 0.4) is 0 Å². The molecular formula is C11H18N4O3. The molecule has 1 rings (SSSR count). The number of aromatic nitrogens is 2. The minimum absolute atomic E-state index is 0.0491. The largest absolute Gasteiger partial charge is 0.481 e. The first kappa shape index (κ1) is 14.0. The van der Waals surface area contributed by atoms with Crippen LogP contribution in [0.1, 0.15) is 12.0 Å². The molecule has 1 aromatic heterocycles. The van der Waals surface area contributed by atoms with Crippen molar-refractivity contribution < 1.29 is 14.7 Å². The van der Waals surface area contributed by atoms with E-state index in [0.717, 1.165) is 5.56 Å². The maximum atomic E-state index is 11.6. The van der Waals surface area contributed by atoms with E-state index >= 15 is 0 Å². The van der Waals surface area contributed by atoms with E-state index in [9.17, 15) is 9.59 Å². The van der Waals surface area contributed by atoms with Crippen molar-refractivity contribution in [1.82, 2.24) is 20.0 Å². The van der Waals surface area contributed by atoms with Gasteiger partial charge in [-0.1, -0.05) is 0 Å². The van der Waals surface area contributed by atoms with Crippen molar-refractivity contribution in [2.24, 2.45) is 7.05 Å². The molecule has 0 unspecified atom stereocenters. The highest BCUT2D eigenvalue weighted by molar-refractivity contribution is 5.74. The van der Waals surface area contributed by atoms with Crippen molar-refractivity contribution in [3.63, 3.8) is 0 Å². The first-order valence-corrected chi connectivity index (χ1v) is 5.67. The van der Waals surface area contributed by atoms with Crippen LogP contribution in [0.15, 0.2) is 12.4 Å². The van der Waals surface area contributed by atoms with Gasteiger partial charge in [0.1, 0.15) is 0 Å². The van der Waals surface area contributed by atoms with Gasteiger partial charge in [0.25, 0.3) is 0 Å². The molecule has 7 nitrogen and oxygen atoms in total. The monoisotopic (exact) mass is 254 g/mol. The number of aliphatic carboxylic acids is 1. The van der Waals surface area contributed by atoms with Gasteiger partial charge in [-0.05, 0) is 12.0 Å². The highest BCUT2D eigenvalue weighted by atomic mass is 16.4. The Morgan fingerprint density at radius 1 is 1.56 bits per heavy atom. The normalized spacial score (nSPS) is 10.1. The molecular weight excluding hydrogens is 236 g/mol. The standard InChI is InChI=1S/C11H18N4O3/c1-14(6-4-10(16)17)11(18)12-5-3-9-7-13-15(2)8-9/h7-8H,3-6H2,1-2H3,(H,12,18)(H,16,17). The van der Waals surface area contributed by atoms with Crippen LogP contribution in [0.4, 0.5) is 4.79 Å². The zero-order valence-corrected chi connectivity index (χ0v) is 10.6. The van der Waals surface area contributed by atoms with Crippen molar-refractivity contribution >= 4 is 12.0 Å². The zero-order valence-electron chi connectivity index (χ0n) is 10.6. The lowest BCUT2D eigenvalue weighted by Gasteiger charge is -2.16. The third-order valence-electron chi connectivity index (χ3n) is 2.46. The molecule has 1 aromatic rings. The Balaban J connectivity index is 2.22. The Morgan fingerprint density at radius 2 is 2.28 bits per heavy atom. The summed E-state index contributed by atoms with van der Waals surface area (Å²) in [7, 11) is 3.41. The minimum atomic E-state index is -0.912. The molecule has 0 aromatic carbocycles. The molecule has 100 valence electrons. The average Bonchev–Trinajstić information content (AvgIpc) is 2.71. The maximum Gasteiger partial charge on any atom is 0.317 e. The molecule has 2 N–H and O–H groups in total. The van der Waals surface area contributed by atoms with Gasteiger partial charge in [0.15, 0.2) is 0 Å². The second-order valence-electron chi connectivity index (χ2n) is 4.07. The summed E-state index contributed by atoms with van der Waals surface area (Å²) < 4.78 is 1.70. The van der Waals surface area contributed by atoms with Crippen LogP contribution < -0.4 is 5.32 Å². The summed E-state index contributed by atoms with van der Waals surface area (Å²) in [5.74, 6) is -0.912. The molecule has 0 spiro atoms. The van der Waals surface area contributed by atoms with E-state index in [2.05, 4.69) is 10.4 Å². The zero-order chi connectivity index (χ0) is 13.5. The molecule has 0 aliphatic rings. The van der Waals surface area contributed by atoms with Crippen LogP contribution in [-0.4, -0.2) is 51.9 Å². The fourth-order valence-electron chi connectivity index (χ4n) is 1.41. The lowest BCUT2D eigenvalue weighted by molar-refractivity contribution is -0.137. The van der Waals surface area contributed by atoms with Gasteiger partial charge in [0, 0.05) is 33.4 Å². The number of carboxylic acids is 1. The highest BCUT2D eigenvalue weighted by Gasteiger charge is 2.09. The first-order valence-electron chi connectivity index (χ1n) is 5.67. The molecule has 0 aliphatic heterocycles. The molecule has 0 saturated carbocycles. The predicted octanol–water partition coefficient (Wildman–Crippen LogP) is 0.0787. The van der Waals surface area contributed by atoms with E-state index in [1.165, 1.54) is 4.90 Å². The number of rotatable bonds is 6. The molecule has 0 aliphatic carbocycles. The van der Waals surface area contributed by atoms with E-state index < -0.39 is 5.97 Å². The molecule has 0 radical (unpaired) electrons. The van der Waals surface area contributed by atoms with Crippen LogP contribution in [-0.2, 0) is 18.3 Å². The second kappa shape index (κ2) is 6.63. The van der Waals surface area contributed by atoms with Gasteiger partial charge in [-0.2, -0.15) is 5.10 Å². The number of amides is 2. The number of nitrogens with zero attached hydrogens (tertiary/aromatic N) is 3. The number of carboxylic acid groups (broad SMARTS) is 1. The Morgan fingerprint density at radius 3 is 2.83 bits per heavy atom.